The fraction of sp³-hybridized carbons (Fsp3) is 0.500. The monoisotopic (exact) mass is 202 g/mol. The van der Waals surface area contributed by atoms with E-state index in [-0.39, 0.29) is 12.5 Å². The third-order valence-corrected chi connectivity index (χ3v) is 1.99. The highest BCUT2D eigenvalue weighted by Crippen LogP contribution is 2.08. The Labute approximate surface area is 79.1 Å². The molecule has 1 unspecified atom stereocenters. The van der Waals surface area contributed by atoms with Crippen LogP contribution in [0, 0.1) is 0 Å². The van der Waals surface area contributed by atoms with Crippen molar-refractivity contribution in [2.45, 2.75) is 6.10 Å². The number of nitrogens with zero attached hydrogens (tertiary/aromatic N) is 2. The molecular weight excluding hydrogens is 192 g/mol. The maximum atomic E-state index is 11.3. The van der Waals surface area contributed by atoms with Crippen molar-refractivity contribution in [3.05, 3.63) is 5.51 Å². The number of nitrogens with one attached hydrogen (secondary N) is 1. The van der Waals surface area contributed by atoms with Gasteiger partial charge in [-0.3, -0.25) is 10.1 Å². The van der Waals surface area contributed by atoms with Crippen molar-refractivity contribution in [2.75, 3.05) is 19.0 Å². The van der Waals surface area contributed by atoms with Gasteiger partial charge < -0.3 is 10.5 Å². The number of hydrogen-bond acceptors (Lipinski definition) is 6. The van der Waals surface area contributed by atoms with Crippen molar-refractivity contribution in [3.8, 4) is 0 Å². The standard InChI is InChI=1S/C6H10N4O2S/c1-12-4(2-7)5(11)9-6-10-8-3-13-6/h3-4H,2,7H2,1H3,(H,9,10,11). The van der Waals surface area contributed by atoms with E-state index in [1.54, 1.807) is 0 Å². The predicted molar refractivity (Wildman–Crippen MR) is 48.4 cm³/mol. The van der Waals surface area contributed by atoms with Crippen LogP contribution in [0.25, 0.3) is 0 Å². The maximum Gasteiger partial charge on any atom is 0.256 e. The Morgan fingerprint density at radius 1 is 1.92 bits per heavy atom. The lowest BCUT2D eigenvalue weighted by Gasteiger charge is -2.10. The molecule has 0 radical (unpaired) electrons. The lowest BCUT2D eigenvalue weighted by molar-refractivity contribution is -0.125. The molecular formula is C6H10N4O2S. The number of anilines is 1. The van der Waals surface area contributed by atoms with Crippen molar-refractivity contribution < 1.29 is 9.53 Å². The van der Waals surface area contributed by atoms with E-state index < -0.39 is 6.10 Å². The summed E-state index contributed by atoms with van der Waals surface area (Å²) in [4.78, 5) is 11.3. The molecule has 13 heavy (non-hydrogen) atoms. The van der Waals surface area contributed by atoms with Crippen LogP contribution in [0.15, 0.2) is 5.51 Å². The topological polar surface area (TPSA) is 90.1 Å². The van der Waals surface area contributed by atoms with Gasteiger partial charge in [-0.1, -0.05) is 11.3 Å². The Kier molecular flexibility index (Phi) is 3.74. The SMILES string of the molecule is COC(CN)C(=O)Nc1nncs1. The van der Waals surface area contributed by atoms with Crippen LogP contribution in [0.4, 0.5) is 5.13 Å². The molecule has 1 heterocycles. The van der Waals surface area contributed by atoms with Crippen LogP contribution in [-0.2, 0) is 9.53 Å². The minimum absolute atomic E-state index is 0.140. The van der Waals surface area contributed by atoms with E-state index in [0.29, 0.717) is 5.13 Å². The van der Waals surface area contributed by atoms with Crippen LogP contribution in [0.2, 0.25) is 0 Å². The first kappa shape index (κ1) is 10.0. The molecule has 3 N–H and O–H groups in total. The number of amides is 1. The summed E-state index contributed by atoms with van der Waals surface area (Å²) in [6.07, 6.45) is -0.635. The van der Waals surface area contributed by atoms with E-state index in [1.807, 2.05) is 0 Å². The van der Waals surface area contributed by atoms with Gasteiger partial charge in [0.1, 0.15) is 11.6 Å². The van der Waals surface area contributed by atoms with Crippen LogP contribution in [0.5, 0.6) is 0 Å². The molecule has 6 nitrogen and oxygen atoms in total. The molecule has 0 bridgehead atoms. The summed E-state index contributed by atoms with van der Waals surface area (Å²) in [5, 5.41) is 10.2. The number of methoxy groups -OCH3 is 1. The van der Waals surface area contributed by atoms with Gasteiger partial charge in [0.05, 0.1) is 0 Å². The fourth-order valence-corrected chi connectivity index (χ4v) is 1.17. The fourth-order valence-electron chi connectivity index (χ4n) is 0.724. The van der Waals surface area contributed by atoms with Crippen molar-refractivity contribution in [2.24, 2.45) is 5.73 Å². The molecule has 7 heteroatoms. The van der Waals surface area contributed by atoms with Crippen molar-refractivity contribution in [1.82, 2.24) is 10.2 Å². The molecule has 0 saturated heterocycles. The molecule has 0 fully saturated rings. The second kappa shape index (κ2) is 4.85. The molecule has 0 aliphatic carbocycles. The lowest BCUT2D eigenvalue weighted by atomic mass is 10.3. The van der Waals surface area contributed by atoms with Crippen LogP contribution in [0.3, 0.4) is 0 Å². The first-order valence-corrected chi connectivity index (χ1v) is 4.45. The largest absolute Gasteiger partial charge is 0.370 e. The van der Waals surface area contributed by atoms with Gasteiger partial charge in [-0.05, 0) is 0 Å². The summed E-state index contributed by atoms with van der Waals surface area (Å²) >= 11 is 1.24. The minimum Gasteiger partial charge on any atom is -0.370 e. The van der Waals surface area contributed by atoms with Crippen molar-refractivity contribution in [1.29, 1.82) is 0 Å². The highest BCUT2D eigenvalue weighted by molar-refractivity contribution is 7.13. The molecule has 0 aromatic carbocycles. The normalized spacial score (nSPS) is 12.5. The Morgan fingerprint density at radius 2 is 2.69 bits per heavy atom. The highest BCUT2D eigenvalue weighted by Gasteiger charge is 2.16. The zero-order valence-corrected chi connectivity index (χ0v) is 7.87. The zero-order chi connectivity index (χ0) is 9.68. The first-order chi connectivity index (χ1) is 6.27. The Bertz CT molecular complexity index is 260. The Hall–Kier alpha value is -1.05. The smallest absolute Gasteiger partial charge is 0.256 e. The van der Waals surface area contributed by atoms with Crippen LogP contribution in [-0.4, -0.2) is 35.9 Å². The van der Waals surface area contributed by atoms with E-state index in [1.165, 1.54) is 24.0 Å². The Balaban J connectivity index is 2.49. The number of rotatable bonds is 4. The number of ether oxygens (including phenoxy) is 1. The summed E-state index contributed by atoms with van der Waals surface area (Å²) in [5.41, 5.74) is 6.82. The molecule has 1 aromatic heterocycles. The average Bonchev–Trinajstić information content (AvgIpc) is 2.59. The van der Waals surface area contributed by atoms with Gasteiger partial charge >= 0.3 is 0 Å². The third kappa shape index (κ3) is 2.72. The lowest BCUT2D eigenvalue weighted by Crippen LogP contribution is -2.35. The number of hydrogen-bond donors (Lipinski definition) is 2. The summed E-state index contributed by atoms with van der Waals surface area (Å²) < 4.78 is 4.83. The summed E-state index contributed by atoms with van der Waals surface area (Å²) in [7, 11) is 1.43. The number of carbonyl (C=O) groups is 1. The molecule has 1 aromatic rings. The van der Waals surface area contributed by atoms with E-state index in [2.05, 4.69) is 15.5 Å². The molecule has 0 spiro atoms. The quantitative estimate of drug-likeness (QED) is 0.683. The summed E-state index contributed by atoms with van der Waals surface area (Å²) in [6.45, 7) is 0.140. The molecule has 72 valence electrons. The van der Waals surface area contributed by atoms with E-state index in [9.17, 15) is 4.79 Å². The van der Waals surface area contributed by atoms with Gasteiger partial charge in [0.2, 0.25) is 5.13 Å². The molecule has 0 aliphatic rings. The van der Waals surface area contributed by atoms with Crippen molar-refractivity contribution >= 4 is 22.4 Å². The Morgan fingerprint density at radius 3 is 3.15 bits per heavy atom. The zero-order valence-electron chi connectivity index (χ0n) is 7.06. The number of nitrogens with two attached hydrogens (primary N) is 1. The third-order valence-electron chi connectivity index (χ3n) is 1.38. The van der Waals surface area contributed by atoms with Crippen LogP contribution in [0.1, 0.15) is 0 Å². The van der Waals surface area contributed by atoms with E-state index in [0.717, 1.165) is 0 Å². The van der Waals surface area contributed by atoms with Gasteiger partial charge in [-0.25, -0.2) is 0 Å². The van der Waals surface area contributed by atoms with Gasteiger partial charge in [0.15, 0.2) is 0 Å². The average molecular weight is 202 g/mol. The van der Waals surface area contributed by atoms with Gasteiger partial charge in [-0.2, -0.15) is 0 Å². The van der Waals surface area contributed by atoms with E-state index in [4.69, 9.17) is 10.5 Å². The predicted octanol–water partition coefficient (Wildman–Crippen LogP) is -0.550. The van der Waals surface area contributed by atoms with Gasteiger partial charge in [0, 0.05) is 13.7 Å². The number of carbonyl (C=O) groups excluding carboxylic acids is 1. The minimum atomic E-state index is -0.635. The second-order valence-electron chi connectivity index (χ2n) is 2.19. The molecule has 0 saturated carbocycles. The van der Waals surface area contributed by atoms with Gasteiger partial charge in [-0.15, -0.1) is 10.2 Å². The second-order valence-corrected chi connectivity index (χ2v) is 3.03. The molecule has 1 atom stereocenters. The highest BCUT2D eigenvalue weighted by atomic mass is 32.1. The van der Waals surface area contributed by atoms with Crippen molar-refractivity contribution in [3.63, 3.8) is 0 Å². The maximum absolute atomic E-state index is 11.3. The molecule has 1 rings (SSSR count). The molecule has 0 aliphatic heterocycles. The van der Waals surface area contributed by atoms with E-state index >= 15 is 0 Å². The summed E-state index contributed by atoms with van der Waals surface area (Å²) in [6, 6.07) is 0. The van der Waals surface area contributed by atoms with Crippen LogP contribution >= 0.6 is 11.3 Å². The first-order valence-electron chi connectivity index (χ1n) is 3.57. The number of aromatic nitrogens is 2. The van der Waals surface area contributed by atoms with Gasteiger partial charge in [0.25, 0.3) is 5.91 Å². The molecule has 1 amide bonds. The summed E-state index contributed by atoms with van der Waals surface area (Å²) in [5.74, 6) is -0.304. The van der Waals surface area contributed by atoms with Crippen LogP contribution < -0.4 is 11.1 Å².